The van der Waals surface area contributed by atoms with Crippen LogP contribution >= 0.6 is 0 Å². The van der Waals surface area contributed by atoms with Crippen LogP contribution < -0.4 is 5.32 Å². The lowest BCUT2D eigenvalue weighted by molar-refractivity contribution is -0.140. The fourth-order valence-electron chi connectivity index (χ4n) is 3.48. The number of hydrogen-bond acceptors (Lipinski definition) is 2. The number of hydrogen-bond donors (Lipinski definition) is 2. The normalized spacial score (nSPS) is 31.1. The van der Waals surface area contributed by atoms with Gasteiger partial charge in [-0.15, -0.1) is 0 Å². The quantitative estimate of drug-likeness (QED) is 0.826. The molecule has 2 saturated carbocycles. The minimum Gasteiger partial charge on any atom is -0.481 e. The topological polar surface area (TPSA) is 66.4 Å². The number of carboxylic acids is 1. The Morgan fingerprint density at radius 2 is 1.53 bits per heavy atom. The van der Waals surface area contributed by atoms with Gasteiger partial charge in [0.1, 0.15) is 0 Å². The third-order valence-corrected chi connectivity index (χ3v) is 4.83. The highest BCUT2D eigenvalue weighted by atomic mass is 16.4. The zero-order chi connectivity index (χ0) is 14.0. The van der Waals surface area contributed by atoms with E-state index in [1.54, 1.807) is 0 Å². The molecule has 0 bridgehead atoms. The first kappa shape index (κ1) is 14.4. The van der Waals surface area contributed by atoms with Gasteiger partial charge in [-0.05, 0) is 18.3 Å². The van der Waals surface area contributed by atoms with Crippen LogP contribution in [0.2, 0.25) is 0 Å². The lowest BCUT2D eigenvalue weighted by Gasteiger charge is -2.21. The molecule has 2 aliphatic rings. The van der Waals surface area contributed by atoms with Crippen molar-refractivity contribution >= 4 is 11.9 Å². The predicted octanol–water partition coefficient (Wildman–Crippen LogP) is 2.57. The van der Waals surface area contributed by atoms with E-state index in [9.17, 15) is 9.59 Å². The maximum Gasteiger partial charge on any atom is 0.307 e. The van der Waals surface area contributed by atoms with E-state index in [4.69, 9.17) is 5.11 Å². The summed E-state index contributed by atoms with van der Waals surface area (Å²) in [4.78, 5) is 23.3. The second-order valence-corrected chi connectivity index (χ2v) is 6.67. The third kappa shape index (κ3) is 3.10. The van der Waals surface area contributed by atoms with Gasteiger partial charge in [0, 0.05) is 6.04 Å². The Morgan fingerprint density at radius 1 is 1.00 bits per heavy atom. The van der Waals surface area contributed by atoms with Crippen LogP contribution in [-0.2, 0) is 9.59 Å². The van der Waals surface area contributed by atoms with Crippen LogP contribution in [0.25, 0.3) is 0 Å². The van der Waals surface area contributed by atoms with E-state index in [1.807, 2.05) is 13.8 Å². The van der Waals surface area contributed by atoms with Gasteiger partial charge in [-0.1, -0.05) is 46.0 Å². The van der Waals surface area contributed by atoms with Crippen molar-refractivity contribution in [2.75, 3.05) is 0 Å². The van der Waals surface area contributed by atoms with Crippen molar-refractivity contribution in [3.63, 3.8) is 0 Å². The van der Waals surface area contributed by atoms with Crippen molar-refractivity contribution in [2.24, 2.45) is 17.3 Å². The molecule has 2 aliphatic carbocycles. The maximum absolute atomic E-state index is 12.2. The van der Waals surface area contributed by atoms with Gasteiger partial charge in [-0.2, -0.15) is 0 Å². The highest BCUT2D eigenvalue weighted by molar-refractivity contribution is 5.91. The Hall–Kier alpha value is -1.06. The summed E-state index contributed by atoms with van der Waals surface area (Å²) in [5.41, 5.74) is -0.391. The van der Waals surface area contributed by atoms with Gasteiger partial charge >= 0.3 is 5.97 Å². The first-order valence-electron chi connectivity index (χ1n) is 7.48. The van der Waals surface area contributed by atoms with Crippen LogP contribution in [-0.4, -0.2) is 23.0 Å². The molecule has 2 atom stereocenters. The van der Waals surface area contributed by atoms with E-state index < -0.39 is 17.3 Å². The summed E-state index contributed by atoms with van der Waals surface area (Å²) in [6.07, 6.45) is 8.21. The van der Waals surface area contributed by atoms with Gasteiger partial charge in [-0.3, -0.25) is 9.59 Å². The summed E-state index contributed by atoms with van der Waals surface area (Å²) in [7, 11) is 0. The minimum atomic E-state index is -0.845. The number of nitrogens with one attached hydrogen (secondary N) is 1. The molecule has 2 N–H and O–H groups in total. The summed E-state index contributed by atoms with van der Waals surface area (Å²) in [6, 6.07) is 0.249. The minimum absolute atomic E-state index is 0.0528. The van der Waals surface area contributed by atoms with Gasteiger partial charge in [0.05, 0.1) is 11.8 Å². The fourth-order valence-corrected chi connectivity index (χ4v) is 3.48. The van der Waals surface area contributed by atoms with Crippen molar-refractivity contribution in [2.45, 2.75) is 64.8 Å². The van der Waals surface area contributed by atoms with E-state index >= 15 is 0 Å². The molecule has 0 spiro atoms. The second-order valence-electron chi connectivity index (χ2n) is 6.67. The first-order valence-corrected chi connectivity index (χ1v) is 7.48. The molecule has 0 aliphatic heterocycles. The molecule has 0 saturated heterocycles. The molecule has 2 rings (SSSR count). The largest absolute Gasteiger partial charge is 0.481 e. The van der Waals surface area contributed by atoms with Crippen molar-refractivity contribution < 1.29 is 14.7 Å². The first-order chi connectivity index (χ1) is 8.94. The van der Waals surface area contributed by atoms with Crippen LogP contribution in [0.3, 0.4) is 0 Å². The zero-order valence-electron chi connectivity index (χ0n) is 11.9. The van der Waals surface area contributed by atoms with Crippen LogP contribution in [0, 0.1) is 17.3 Å². The smallest absolute Gasteiger partial charge is 0.307 e. The molecule has 4 heteroatoms. The Balaban J connectivity index is 1.88. The molecule has 108 valence electrons. The number of aliphatic carboxylic acids is 1. The standard InChI is InChI=1S/C15H25NO3/c1-15(2)11(12(15)14(18)19)13(17)16-10-8-6-4-3-5-7-9-10/h10-12H,3-9H2,1-2H3,(H,16,17)(H,18,19). The van der Waals surface area contributed by atoms with Crippen molar-refractivity contribution in [3.8, 4) is 0 Å². The Labute approximate surface area is 115 Å². The second kappa shape index (κ2) is 5.51. The van der Waals surface area contributed by atoms with Crippen LogP contribution in [0.15, 0.2) is 0 Å². The Kier molecular flexibility index (Phi) is 4.16. The van der Waals surface area contributed by atoms with E-state index in [1.165, 1.54) is 32.1 Å². The Morgan fingerprint density at radius 3 is 2.00 bits per heavy atom. The Bertz CT molecular complexity index is 356. The van der Waals surface area contributed by atoms with Gasteiger partial charge in [0.2, 0.25) is 5.91 Å². The number of carboxylic acid groups (broad SMARTS) is 1. The summed E-state index contributed by atoms with van der Waals surface area (Å²) in [5, 5.41) is 12.2. The number of rotatable bonds is 3. The molecular formula is C15H25NO3. The monoisotopic (exact) mass is 267 g/mol. The van der Waals surface area contributed by atoms with Gasteiger partial charge < -0.3 is 10.4 Å². The zero-order valence-corrected chi connectivity index (χ0v) is 11.9. The number of carbonyl (C=O) groups excluding carboxylic acids is 1. The third-order valence-electron chi connectivity index (χ3n) is 4.83. The molecular weight excluding hydrogens is 242 g/mol. The van der Waals surface area contributed by atoms with E-state index in [0.717, 1.165) is 12.8 Å². The average Bonchev–Trinajstić information content (AvgIpc) is 2.85. The lowest BCUT2D eigenvalue weighted by atomic mass is 9.96. The van der Waals surface area contributed by atoms with Crippen molar-refractivity contribution in [1.82, 2.24) is 5.32 Å². The van der Waals surface area contributed by atoms with Crippen LogP contribution in [0.4, 0.5) is 0 Å². The van der Waals surface area contributed by atoms with Crippen LogP contribution in [0.1, 0.15) is 58.8 Å². The molecule has 1 amide bonds. The summed E-state index contributed by atoms with van der Waals surface area (Å²) < 4.78 is 0. The van der Waals surface area contributed by atoms with E-state index in [2.05, 4.69) is 5.32 Å². The molecule has 2 unspecified atom stereocenters. The molecule has 2 fully saturated rings. The van der Waals surface area contributed by atoms with Crippen LogP contribution in [0.5, 0.6) is 0 Å². The van der Waals surface area contributed by atoms with Gasteiger partial charge in [0.15, 0.2) is 0 Å². The SMILES string of the molecule is CC1(C)C(C(=O)O)C1C(=O)NC1CCCCCCC1. The summed E-state index contributed by atoms with van der Waals surface area (Å²) >= 11 is 0. The van der Waals surface area contributed by atoms with Crippen molar-refractivity contribution in [3.05, 3.63) is 0 Å². The molecule has 19 heavy (non-hydrogen) atoms. The highest BCUT2D eigenvalue weighted by Gasteiger charge is 2.65. The van der Waals surface area contributed by atoms with Gasteiger partial charge in [-0.25, -0.2) is 0 Å². The molecule has 4 nitrogen and oxygen atoms in total. The lowest BCUT2D eigenvalue weighted by Crippen LogP contribution is -2.37. The van der Waals surface area contributed by atoms with E-state index in [0.29, 0.717) is 0 Å². The van der Waals surface area contributed by atoms with E-state index in [-0.39, 0.29) is 17.9 Å². The molecule has 0 aromatic carbocycles. The average molecular weight is 267 g/mol. The fraction of sp³-hybridized carbons (Fsp3) is 0.867. The maximum atomic E-state index is 12.2. The molecule has 0 aromatic heterocycles. The molecule has 0 radical (unpaired) electrons. The number of carbonyl (C=O) groups is 2. The van der Waals surface area contributed by atoms with Crippen molar-refractivity contribution in [1.29, 1.82) is 0 Å². The predicted molar refractivity (Wildman–Crippen MR) is 72.6 cm³/mol. The summed E-state index contributed by atoms with van der Waals surface area (Å²) in [5.74, 6) is -1.76. The number of amides is 1. The summed E-state index contributed by atoms with van der Waals surface area (Å²) in [6.45, 7) is 3.74. The highest BCUT2D eigenvalue weighted by Crippen LogP contribution is 2.58. The van der Waals surface area contributed by atoms with Gasteiger partial charge in [0.25, 0.3) is 0 Å². The molecule has 0 aromatic rings. The molecule has 0 heterocycles.